The van der Waals surface area contributed by atoms with E-state index in [0.29, 0.717) is 0 Å². The minimum absolute atomic E-state index is 1.46. The first-order chi connectivity index (χ1) is 4.35. The van der Waals surface area contributed by atoms with Crippen molar-refractivity contribution in [1.29, 1.82) is 0 Å². The van der Waals surface area contributed by atoms with E-state index in [-0.39, 0.29) is 0 Å². The molecule has 0 aromatic carbocycles. The fourth-order valence-electron chi connectivity index (χ4n) is 0.423. The van der Waals surface area contributed by atoms with Crippen LogP contribution in [0.1, 0.15) is 0 Å². The molecule has 0 unspecified atom stereocenters. The van der Waals surface area contributed by atoms with E-state index < -0.39 is 9.28 Å². The highest BCUT2D eigenvalue weighted by molar-refractivity contribution is 6.50. The molecule has 52 valence electrons. The van der Waals surface area contributed by atoms with Gasteiger partial charge < -0.3 is 8.85 Å². The lowest BCUT2D eigenvalue weighted by Gasteiger charge is -2.02. The summed E-state index contributed by atoms with van der Waals surface area (Å²) in [5, 5.41) is 0. The fraction of sp³-hybridized carbons (Fsp3) is 0.333. The van der Waals surface area contributed by atoms with Crippen LogP contribution >= 0.6 is 0 Å². The van der Waals surface area contributed by atoms with Gasteiger partial charge in [0.2, 0.25) is 0 Å². The van der Waals surface area contributed by atoms with E-state index in [1.54, 1.807) is 20.3 Å². The lowest BCUT2D eigenvalue weighted by atomic mass is 10.6. The number of hydrogen-bond donors (Lipinski definition) is 0. The van der Waals surface area contributed by atoms with Crippen LogP contribution in [0.15, 0.2) is 24.4 Å². The molecular formula is C6H12O2Si. The van der Waals surface area contributed by atoms with Gasteiger partial charge in [-0.15, -0.1) is 0 Å². The van der Waals surface area contributed by atoms with Crippen molar-refractivity contribution in [3.8, 4) is 0 Å². The van der Waals surface area contributed by atoms with Crippen molar-refractivity contribution in [3.63, 3.8) is 0 Å². The molecular weight excluding hydrogens is 132 g/mol. The molecule has 0 saturated carbocycles. The molecule has 0 N–H and O–H groups in total. The van der Waals surface area contributed by atoms with Crippen LogP contribution in [0.2, 0.25) is 0 Å². The van der Waals surface area contributed by atoms with E-state index in [4.69, 9.17) is 8.85 Å². The zero-order chi connectivity index (χ0) is 7.11. The molecule has 0 saturated heterocycles. The molecule has 0 aromatic heterocycles. The molecule has 0 spiro atoms. The Hall–Kier alpha value is -0.383. The highest BCUT2D eigenvalue weighted by Gasteiger charge is 2.00. The first-order valence-electron chi connectivity index (χ1n) is 2.70. The Morgan fingerprint density at radius 3 is 2.22 bits per heavy atom. The van der Waals surface area contributed by atoms with Crippen LogP contribution in [0.5, 0.6) is 0 Å². The molecule has 0 atom stereocenters. The van der Waals surface area contributed by atoms with Crippen molar-refractivity contribution in [1.82, 2.24) is 0 Å². The second kappa shape index (κ2) is 5.75. The Kier molecular flexibility index (Phi) is 5.50. The lowest BCUT2D eigenvalue weighted by molar-refractivity contribution is 0.290. The zero-order valence-corrected chi connectivity index (χ0v) is 6.99. The normalized spacial score (nSPS) is 11.0. The Morgan fingerprint density at radius 2 is 1.89 bits per heavy atom. The van der Waals surface area contributed by atoms with Crippen LogP contribution in [-0.2, 0) is 8.85 Å². The molecule has 0 heterocycles. The number of hydrogen-bond acceptors (Lipinski definition) is 2. The van der Waals surface area contributed by atoms with Gasteiger partial charge in [0.25, 0.3) is 0 Å². The molecule has 3 heteroatoms. The smallest absolute Gasteiger partial charge is 0.347 e. The molecule has 0 radical (unpaired) electrons. The van der Waals surface area contributed by atoms with Crippen LogP contribution in [0.4, 0.5) is 0 Å². The summed E-state index contributed by atoms with van der Waals surface area (Å²) >= 11 is 0. The second-order valence-corrected chi connectivity index (χ2v) is 3.52. The van der Waals surface area contributed by atoms with Gasteiger partial charge in [-0.3, -0.25) is 0 Å². The van der Waals surface area contributed by atoms with Crippen LogP contribution in [0, 0.1) is 0 Å². The van der Waals surface area contributed by atoms with Gasteiger partial charge in [0.15, 0.2) is 0 Å². The summed E-state index contributed by atoms with van der Waals surface area (Å²) in [7, 11) is 1.83. The SMILES string of the molecule is C=CC=C[SiH](OC)OC. The van der Waals surface area contributed by atoms with Crippen molar-refractivity contribution in [2.75, 3.05) is 14.2 Å². The molecule has 0 aromatic rings. The molecule has 0 amide bonds. The summed E-state index contributed by atoms with van der Waals surface area (Å²) in [6, 6.07) is 0. The van der Waals surface area contributed by atoms with Gasteiger partial charge in [-0.05, 0) is 5.70 Å². The third kappa shape index (κ3) is 4.14. The van der Waals surface area contributed by atoms with Gasteiger partial charge in [-0.25, -0.2) is 0 Å². The minimum Gasteiger partial charge on any atom is -0.397 e. The average Bonchev–Trinajstić information content (AvgIpc) is 1.91. The van der Waals surface area contributed by atoms with E-state index in [2.05, 4.69) is 6.58 Å². The molecule has 0 aliphatic rings. The lowest BCUT2D eigenvalue weighted by Crippen LogP contribution is -2.15. The van der Waals surface area contributed by atoms with Gasteiger partial charge in [0.05, 0.1) is 0 Å². The molecule has 0 rings (SSSR count). The Labute approximate surface area is 57.6 Å². The zero-order valence-electron chi connectivity index (χ0n) is 5.83. The van der Waals surface area contributed by atoms with E-state index >= 15 is 0 Å². The van der Waals surface area contributed by atoms with Crippen molar-refractivity contribution in [2.45, 2.75) is 0 Å². The summed E-state index contributed by atoms with van der Waals surface area (Å²) in [4.78, 5) is 0. The van der Waals surface area contributed by atoms with Gasteiger partial charge in [-0.2, -0.15) is 0 Å². The largest absolute Gasteiger partial charge is 0.397 e. The predicted molar refractivity (Wildman–Crippen MR) is 40.5 cm³/mol. The number of allylic oxidation sites excluding steroid dienone is 2. The molecule has 0 bridgehead atoms. The third-order valence-corrected chi connectivity index (χ3v) is 2.33. The average molecular weight is 144 g/mol. The molecule has 0 fully saturated rings. The first kappa shape index (κ1) is 8.62. The first-order valence-corrected chi connectivity index (χ1v) is 4.31. The maximum absolute atomic E-state index is 4.98. The van der Waals surface area contributed by atoms with Crippen LogP contribution in [-0.4, -0.2) is 23.5 Å². The van der Waals surface area contributed by atoms with E-state index in [1.807, 2.05) is 11.8 Å². The highest BCUT2D eigenvalue weighted by atomic mass is 28.3. The summed E-state index contributed by atoms with van der Waals surface area (Å²) in [6.45, 7) is 3.53. The van der Waals surface area contributed by atoms with Crippen molar-refractivity contribution < 1.29 is 8.85 Å². The molecule has 0 aliphatic heterocycles. The Balaban J connectivity index is 3.53. The summed E-state index contributed by atoms with van der Waals surface area (Å²) < 4.78 is 9.97. The topological polar surface area (TPSA) is 18.5 Å². The van der Waals surface area contributed by atoms with Crippen molar-refractivity contribution >= 4 is 9.28 Å². The third-order valence-electron chi connectivity index (χ3n) is 0.869. The highest BCUT2D eigenvalue weighted by Crippen LogP contribution is 1.86. The maximum Gasteiger partial charge on any atom is 0.347 e. The second-order valence-electron chi connectivity index (χ2n) is 1.46. The van der Waals surface area contributed by atoms with E-state index in [9.17, 15) is 0 Å². The van der Waals surface area contributed by atoms with Gasteiger partial charge in [0.1, 0.15) is 0 Å². The number of rotatable bonds is 4. The van der Waals surface area contributed by atoms with Crippen LogP contribution < -0.4 is 0 Å². The summed E-state index contributed by atoms with van der Waals surface area (Å²) in [5.74, 6) is 0. The molecule has 9 heavy (non-hydrogen) atoms. The van der Waals surface area contributed by atoms with Crippen molar-refractivity contribution in [2.24, 2.45) is 0 Å². The standard InChI is InChI=1S/C6H12O2Si/c1-4-5-6-9(7-2)8-3/h4-6,9H,1H2,2-3H3. The van der Waals surface area contributed by atoms with Crippen LogP contribution in [0.3, 0.4) is 0 Å². The summed E-state index contributed by atoms with van der Waals surface area (Å²) in [6.07, 6.45) is 3.54. The van der Waals surface area contributed by atoms with E-state index in [0.717, 1.165) is 0 Å². The van der Waals surface area contributed by atoms with E-state index in [1.165, 1.54) is 0 Å². The quantitative estimate of drug-likeness (QED) is 0.429. The van der Waals surface area contributed by atoms with Crippen molar-refractivity contribution in [3.05, 3.63) is 24.4 Å². The fourth-order valence-corrected chi connectivity index (χ4v) is 1.27. The maximum atomic E-state index is 4.98. The Morgan fingerprint density at radius 1 is 1.33 bits per heavy atom. The Bertz CT molecular complexity index is 97.2. The summed E-state index contributed by atoms with van der Waals surface area (Å²) in [5.41, 5.74) is 1.91. The van der Waals surface area contributed by atoms with Gasteiger partial charge >= 0.3 is 9.28 Å². The monoisotopic (exact) mass is 144 g/mol. The molecule has 2 nitrogen and oxygen atoms in total. The molecule has 0 aliphatic carbocycles. The minimum atomic E-state index is -1.46. The van der Waals surface area contributed by atoms with Gasteiger partial charge in [-0.1, -0.05) is 18.7 Å². The predicted octanol–water partition coefficient (Wildman–Crippen LogP) is 0.781. The van der Waals surface area contributed by atoms with Crippen LogP contribution in [0.25, 0.3) is 0 Å². The van der Waals surface area contributed by atoms with Gasteiger partial charge in [0, 0.05) is 14.2 Å².